The van der Waals surface area contributed by atoms with Gasteiger partial charge in [0.05, 0.1) is 11.4 Å². The lowest BCUT2D eigenvalue weighted by atomic mass is 10.2. The minimum absolute atomic E-state index is 0.231. The van der Waals surface area contributed by atoms with E-state index in [2.05, 4.69) is 15.4 Å². The summed E-state index contributed by atoms with van der Waals surface area (Å²) in [6, 6.07) is 22.0. The average molecular weight is 375 g/mol. The second kappa shape index (κ2) is 7.43. The summed E-state index contributed by atoms with van der Waals surface area (Å²) < 4.78 is 1.71. The molecule has 0 aliphatic heterocycles. The Balaban J connectivity index is 1.73. The Kier molecular flexibility index (Phi) is 4.68. The zero-order valence-corrected chi connectivity index (χ0v) is 15.0. The van der Waals surface area contributed by atoms with Crippen LogP contribution in [0.5, 0.6) is 0 Å². The quantitative estimate of drug-likeness (QED) is 0.556. The Labute approximate surface area is 161 Å². The summed E-state index contributed by atoms with van der Waals surface area (Å²) >= 11 is 5.90. The number of nitrogens with one attached hydrogen (secondary N) is 1. The number of para-hydroxylation sites is 1. The van der Waals surface area contributed by atoms with Gasteiger partial charge in [-0.1, -0.05) is 29.8 Å². The van der Waals surface area contributed by atoms with E-state index in [0.717, 1.165) is 16.9 Å². The fourth-order valence-corrected chi connectivity index (χ4v) is 2.82. The number of carbonyl (C=O) groups is 1. The van der Waals surface area contributed by atoms with Crippen molar-refractivity contribution in [3.63, 3.8) is 0 Å². The van der Waals surface area contributed by atoms with Crippen molar-refractivity contribution in [2.24, 2.45) is 0 Å². The van der Waals surface area contributed by atoms with Gasteiger partial charge >= 0.3 is 0 Å². The summed E-state index contributed by atoms with van der Waals surface area (Å²) in [5.41, 5.74) is 3.03. The molecule has 2 aromatic heterocycles. The summed E-state index contributed by atoms with van der Waals surface area (Å²) in [5.74, 6) is 0.345. The second-order valence-electron chi connectivity index (χ2n) is 5.86. The fourth-order valence-electron chi connectivity index (χ4n) is 2.69. The maximum absolute atomic E-state index is 12.6. The van der Waals surface area contributed by atoms with Crippen molar-refractivity contribution < 1.29 is 4.79 Å². The molecule has 0 fully saturated rings. The van der Waals surface area contributed by atoms with Crippen LogP contribution in [0.4, 0.5) is 5.82 Å². The van der Waals surface area contributed by atoms with Gasteiger partial charge in [0.15, 0.2) is 0 Å². The highest BCUT2D eigenvalue weighted by molar-refractivity contribution is 6.30. The summed E-state index contributed by atoms with van der Waals surface area (Å²) in [6.45, 7) is 0. The molecule has 4 aromatic rings. The number of aromatic nitrogens is 3. The van der Waals surface area contributed by atoms with E-state index in [-0.39, 0.29) is 5.91 Å². The van der Waals surface area contributed by atoms with E-state index in [9.17, 15) is 4.79 Å². The molecule has 0 atom stereocenters. The number of rotatable bonds is 4. The van der Waals surface area contributed by atoms with Gasteiger partial charge in [0, 0.05) is 34.6 Å². The largest absolute Gasteiger partial charge is 0.306 e. The van der Waals surface area contributed by atoms with Crippen LogP contribution in [0.15, 0.2) is 85.2 Å². The monoisotopic (exact) mass is 374 g/mol. The molecule has 2 heterocycles. The smallest absolute Gasteiger partial charge is 0.256 e. The fraction of sp³-hybridized carbons (Fsp3) is 0. The van der Waals surface area contributed by atoms with Crippen molar-refractivity contribution in [3.8, 4) is 16.9 Å². The standard InChI is InChI=1S/C21H15ClN4O/c22-17-8-6-16(7-9-17)21(27)24-20-14-19(15-10-12-23-13-11-15)25-26(20)18-4-2-1-3-5-18/h1-14H,(H,24,27). The molecule has 0 radical (unpaired) electrons. The van der Waals surface area contributed by atoms with E-state index >= 15 is 0 Å². The van der Waals surface area contributed by atoms with E-state index < -0.39 is 0 Å². The van der Waals surface area contributed by atoms with Gasteiger partial charge in [0.2, 0.25) is 0 Å². The van der Waals surface area contributed by atoms with Gasteiger partial charge in [-0.2, -0.15) is 5.10 Å². The summed E-state index contributed by atoms with van der Waals surface area (Å²) in [7, 11) is 0. The highest BCUT2D eigenvalue weighted by Gasteiger charge is 2.14. The molecule has 1 N–H and O–H groups in total. The molecule has 2 aromatic carbocycles. The third-order valence-corrected chi connectivity index (χ3v) is 4.29. The molecule has 1 amide bonds. The number of nitrogens with zero attached hydrogens (tertiary/aromatic N) is 3. The first-order valence-corrected chi connectivity index (χ1v) is 8.71. The molecule has 5 nitrogen and oxygen atoms in total. The lowest BCUT2D eigenvalue weighted by molar-refractivity contribution is 0.102. The van der Waals surface area contributed by atoms with Crippen LogP contribution in [0, 0.1) is 0 Å². The number of carbonyl (C=O) groups excluding carboxylic acids is 1. The van der Waals surface area contributed by atoms with Gasteiger partial charge in [-0.15, -0.1) is 0 Å². The number of halogens is 1. The molecular weight excluding hydrogens is 360 g/mol. The number of amides is 1. The highest BCUT2D eigenvalue weighted by atomic mass is 35.5. The lowest BCUT2D eigenvalue weighted by Gasteiger charge is -2.09. The summed E-state index contributed by atoms with van der Waals surface area (Å²) in [4.78, 5) is 16.7. The minimum Gasteiger partial charge on any atom is -0.306 e. The Morgan fingerprint density at radius 1 is 0.926 bits per heavy atom. The van der Waals surface area contributed by atoms with Crippen molar-refractivity contribution >= 4 is 23.3 Å². The van der Waals surface area contributed by atoms with Crippen molar-refractivity contribution in [1.29, 1.82) is 0 Å². The molecule has 0 saturated heterocycles. The van der Waals surface area contributed by atoms with Crippen LogP contribution in [0.3, 0.4) is 0 Å². The molecule has 27 heavy (non-hydrogen) atoms. The van der Waals surface area contributed by atoms with E-state index in [0.29, 0.717) is 16.4 Å². The topological polar surface area (TPSA) is 59.8 Å². The number of anilines is 1. The van der Waals surface area contributed by atoms with E-state index in [1.165, 1.54) is 0 Å². The molecule has 132 valence electrons. The Hall–Kier alpha value is -3.44. The van der Waals surface area contributed by atoms with Crippen LogP contribution >= 0.6 is 11.6 Å². The molecule has 4 rings (SSSR count). The van der Waals surface area contributed by atoms with Crippen molar-refractivity contribution in [3.05, 3.63) is 95.8 Å². The van der Waals surface area contributed by atoms with Crippen LogP contribution < -0.4 is 5.32 Å². The normalized spacial score (nSPS) is 10.6. The van der Waals surface area contributed by atoms with Gasteiger partial charge < -0.3 is 5.32 Å². The molecule has 0 bridgehead atoms. The Morgan fingerprint density at radius 2 is 1.63 bits per heavy atom. The van der Waals surface area contributed by atoms with Crippen LogP contribution in [-0.2, 0) is 0 Å². The van der Waals surface area contributed by atoms with Gasteiger partial charge in [-0.25, -0.2) is 4.68 Å². The number of hydrogen-bond donors (Lipinski definition) is 1. The zero-order valence-electron chi connectivity index (χ0n) is 14.2. The predicted molar refractivity (Wildman–Crippen MR) is 106 cm³/mol. The number of benzene rings is 2. The van der Waals surface area contributed by atoms with Gasteiger partial charge in [0.25, 0.3) is 5.91 Å². The van der Waals surface area contributed by atoms with Crippen LogP contribution in [0.2, 0.25) is 5.02 Å². The summed E-state index contributed by atoms with van der Waals surface area (Å²) in [6.07, 6.45) is 3.42. The predicted octanol–water partition coefficient (Wildman–Crippen LogP) is 4.84. The number of pyridine rings is 1. The molecule has 6 heteroatoms. The first kappa shape index (κ1) is 17.0. The third-order valence-electron chi connectivity index (χ3n) is 4.03. The molecule has 0 unspecified atom stereocenters. The first-order chi connectivity index (χ1) is 13.2. The second-order valence-corrected chi connectivity index (χ2v) is 6.30. The van der Waals surface area contributed by atoms with Crippen molar-refractivity contribution in [1.82, 2.24) is 14.8 Å². The zero-order chi connectivity index (χ0) is 18.6. The van der Waals surface area contributed by atoms with Crippen molar-refractivity contribution in [2.45, 2.75) is 0 Å². The minimum atomic E-state index is -0.231. The molecule has 0 saturated carbocycles. The van der Waals surface area contributed by atoms with Gasteiger partial charge in [-0.05, 0) is 48.5 Å². The van der Waals surface area contributed by atoms with Gasteiger partial charge in [0.1, 0.15) is 5.82 Å². The van der Waals surface area contributed by atoms with Crippen LogP contribution in [0.25, 0.3) is 16.9 Å². The van der Waals surface area contributed by atoms with Crippen molar-refractivity contribution in [2.75, 3.05) is 5.32 Å². The molecule has 0 aliphatic carbocycles. The van der Waals surface area contributed by atoms with E-state index in [4.69, 9.17) is 11.6 Å². The molecular formula is C21H15ClN4O. The van der Waals surface area contributed by atoms with E-state index in [1.54, 1.807) is 41.3 Å². The third kappa shape index (κ3) is 3.73. The van der Waals surface area contributed by atoms with Crippen LogP contribution in [-0.4, -0.2) is 20.7 Å². The maximum atomic E-state index is 12.6. The Morgan fingerprint density at radius 3 is 2.33 bits per heavy atom. The Bertz CT molecular complexity index is 1060. The summed E-state index contributed by atoms with van der Waals surface area (Å²) in [5, 5.41) is 8.19. The average Bonchev–Trinajstić information content (AvgIpc) is 3.13. The maximum Gasteiger partial charge on any atom is 0.256 e. The number of hydrogen-bond acceptors (Lipinski definition) is 3. The van der Waals surface area contributed by atoms with Crippen LogP contribution in [0.1, 0.15) is 10.4 Å². The van der Waals surface area contributed by atoms with E-state index in [1.807, 2.05) is 48.5 Å². The molecule has 0 spiro atoms. The molecule has 0 aliphatic rings. The SMILES string of the molecule is O=C(Nc1cc(-c2ccncc2)nn1-c1ccccc1)c1ccc(Cl)cc1. The van der Waals surface area contributed by atoms with Gasteiger partial charge in [-0.3, -0.25) is 9.78 Å². The first-order valence-electron chi connectivity index (χ1n) is 8.33. The lowest BCUT2D eigenvalue weighted by Crippen LogP contribution is -2.15. The highest BCUT2D eigenvalue weighted by Crippen LogP contribution is 2.25.